The lowest BCUT2D eigenvalue weighted by molar-refractivity contribution is 0.586. The van der Waals surface area contributed by atoms with Crippen LogP contribution in [0.25, 0.3) is 11.3 Å². The molecule has 0 saturated carbocycles. The Bertz CT molecular complexity index is 753. The molecule has 0 amide bonds. The predicted octanol–water partition coefficient (Wildman–Crippen LogP) is 2.10. The Morgan fingerprint density at radius 3 is 2.29 bits per heavy atom. The van der Waals surface area contributed by atoms with Gasteiger partial charge in [-0.05, 0) is 31.9 Å². The molecule has 0 saturated heterocycles. The van der Waals surface area contributed by atoms with E-state index >= 15 is 0 Å². The van der Waals surface area contributed by atoms with Gasteiger partial charge in [-0.1, -0.05) is 17.7 Å². The van der Waals surface area contributed by atoms with Gasteiger partial charge in [0.15, 0.2) is 0 Å². The molecule has 0 aliphatic carbocycles. The van der Waals surface area contributed by atoms with E-state index in [2.05, 4.69) is 24.2 Å². The highest BCUT2D eigenvalue weighted by atomic mass is 32.2. The quantitative estimate of drug-likeness (QED) is 0.938. The van der Waals surface area contributed by atoms with E-state index in [4.69, 9.17) is 5.73 Å². The van der Waals surface area contributed by atoms with Gasteiger partial charge in [-0.25, -0.2) is 8.42 Å². The van der Waals surface area contributed by atoms with Crippen LogP contribution in [0, 0.1) is 20.8 Å². The summed E-state index contributed by atoms with van der Waals surface area (Å²) in [6, 6.07) is 4.19. The predicted molar refractivity (Wildman–Crippen MR) is 86.0 cm³/mol. The lowest BCUT2D eigenvalue weighted by atomic mass is 9.97. The standard InChI is InChI=1S/C15H21N3O2S/c1-10-7-11(2)14(12(3)8-10)15-13(16)9-18(17-15)5-6-21(4,19)20/h7-9H,5-6,16H2,1-4H3. The number of hydrogen-bond acceptors (Lipinski definition) is 4. The Morgan fingerprint density at radius 1 is 1.19 bits per heavy atom. The fraction of sp³-hybridized carbons (Fsp3) is 0.400. The first-order chi connectivity index (χ1) is 9.67. The van der Waals surface area contributed by atoms with Crippen molar-refractivity contribution in [1.82, 2.24) is 9.78 Å². The number of nitrogens with zero attached hydrogens (tertiary/aromatic N) is 2. The lowest BCUT2D eigenvalue weighted by Gasteiger charge is -2.09. The Kier molecular flexibility index (Phi) is 4.09. The number of nitrogen functional groups attached to an aromatic ring is 1. The second kappa shape index (κ2) is 5.52. The fourth-order valence-electron chi connectivity index (χ4n) is 2.56. The maximum absolute atomic E-state index is 11.2. The molecule has 6 heteroatoms. The fourth-order valence-corrected chi connectivity index (χ4v) is 3.08. The van der Waals surface area contributed by atoms with Crippen molar-refractivity contribution in [2.24, 2.45) is 0 Å². The van der Waals surface area contributed by atoms with Crippen LogP contribution in [0.3, 0.4) is 0 Å². The average Bonchev–Trinajstić information content (AvgIpc) is 2.66. The summed E-state index contributed by atoms with van der Waals surface area (Å²) in [6.45, 7) is 6.43. The van der Waals surface area contributed by atoms with Gasteiger partial charge in [0.1, 0.15) is 15.5 Å². The van der Waals surface area contributed by atoms with E-state index in [-0.39, 0.29) is 5.75 Å². The van der Waals surface area contributed by atoms with Crippen molar-refractivity contribution in [2.45, 2.75) is 27.3 Å². The third kappa shape index (κ3) is 3.64. The third-order valence-corrected chi connectivity index (χ3v) is 4.32. The van der Waals surface area contributed by atoms with Crippen molar-refractivity contribution < 1.29 is 8.42 Å². The molecule has 21 heavy (non-hydrogen) atoms. The smallest absolute Gasteiger partial charge is 0.149 e. The highest BCUT2D eigenvalue weighted by molar-refractivity contribution is 7.90. The third-order valence-electron chi connectivity index (χ3n) is 3.40. The van der Waals surface area contributed by atoms with E-state index in [0.717, 1.165) is 22.4 Å². The molecule has 2 rings (SSSR count). The summed E-state index contributed by atoms with van der Waals surface area (Å²) in [6.07, 6.45) is 2.91. The molecule has 2 N–H and O–H groups in total. The Balaban J connectivity index is 2.40. The van der Waals surface area contributed by atoms with E-state index in [1.165, 1.54) is 11.8 Å². The largest absolute Gasteiger partial charge is 0.396 e. The van der Waals surface area contributed by atoms with Gasteiger partial charge in [0, 0.05) is 18.0 Å². The zero-order valence-electron chi connectivity index (χ0n) is 12.8. The number of nitrogens with two attached hydrogens (primary N) is 1. The molecule has 0 atom stereocenters. The first-order valence-corrected chi connectivity index (χ1v) is 8.82. The molecule has 5 nitrogen and oxygen atoms in total. The molecular formula is C15H21N3O2S. The second-order valence-corrected chi connectivity index (χ2v) is 7.86. The van der Waals surface area contributed by atoms with E-state index in [0.29, 0.717) is 12.2 Å². The molecule has 2 aromatic rings. The van der Waals surface area contributed by atoms with Crippen LogP contribution in [-0.4, -0.2) is 30.2 Å². The van der Waals surface area contributed by atoms with Gasteiger partial charge in [-0.3, -0.25) is 4.68 Å². The van der Waals surface area contributed by atoms with Crippen LogP contribution in [0.15, 0.2) is 18.3 Å². The van der Waals surface area contributed by atoms with Gasteiger partial charge in [0.25, 0.3) is 0 Å². The summed E-state index contributed by atoms with van der Waals surface area (Å²) in [5.74, 6) is 0.0550. The van der Waals surface area contributed by atoms with Crippen LogP contribution in [0.2, 0.25) is 0 Å². The summed E-state index contributed by atoms with van der Waals surface area (Å²) in [4.78, 5) is 0. The maximum atomic E-state index is 11.2. The van der Waals surface area contributed by atoms with Gasteiger partial charge < -0.3 is 5.73 Å². The van der Waals surface area contributed by atoms with Crippen molar-refractivity contribution in [3.63, 3.8) is 0 Å². The number of benzene rings is 1. The molecule has 0 unspecified atom stereocenters. The Morgan fingerprint density at radius 2 is 1.76 bits per heavy atom. The van der Waals surface area contributed by atoms with Crippen molar-refractivity contribution >= 4 is 15.5 Å². The normalized spacial score (nSPS) is 11.8. The number of aryl methyl sites for hydroxylation is 4. The van der Waals surface area contributed by atoms with Crippen LogP contribution in [0.5, 0.6) is 0 Å². The Hall–Kier alpha value is -1.82. The Labute approximate surface area is 125 Å². The molecule has 114 valence electrons. The highest BCUT2D eigenvalue weighted by Gasteiger charge is 2.14. The number of sulfone groups is 1. The van der Waals surface area contributed by atoms with Crippen molar-refractivity contribution in [3.8, 4) is 11.3 Å². The van der Waals surface area contributed by atoms with Crippen LogP contribution in [-0.2, 0) is 16.4 Å². The van der Waals surface area contributed by atoms with Crippen molar-refractivity contribution in [1.29, 1.82) is 0 Å². The molecule has 0 fully saturated rings. The van der Waals surface area contributed by atoms with Crippen LogP contribution >= 0.6 is 0 Å². The molecule has 0 radical (unpaired) electrons. The minimum absolute atomic E-state index is 0.0550. The van der Waals surface area contributed by atoms with Gasteiger partial charge in [0.05, 0.1) is 18.0 Å². The van der Waals surface area contributed by atoms with E-state index in [9.17, 15) is 8.42 Å². The summed E-state index contributed by atoms with van der Waals surface area (Å²) in [5, 5.41) is 4.46. The number of aromatic nitrogens is 2. The molecule has 0 spiro atoms. The van der Waals surface area contributed by atoms with E-state index in [1.807, 2.05) is 13.8 Å². The number of hydrogen-bond donors (Lipinski definition) is 1. The summed E-state index contributed by atoms with van der Waals surface area (Å²) in [5.41, 5.74) is 11.8. The summed E-state index contributed by atoms with van der Waals surface area (Å²) < 4.78 is 24.1. The maximum Gasteiger partial charge on any atom is 0.149 e. The topological polar surface area (TPSA) is 78.0 Å². The van der Waals surface area contributed by atoms with Gasteiger partial charge in [0.2, 0.25) is 0 Å². The zero-order chi connectivity index (χ0) is 15.8. The summed E-state index contributed by atoms with van der Waals surface area (Å²) >= 11 is 0. The summed E-state index contributed by atoms with van der Waals surface area (Å²) in [7, 11) is -3.01. The number of anilines is 1. The SMILES string of the molecule is Cc1cc(C)c(-c2nn(CCS(C)(=O)=O)cc2N)c(C)c1. The van der Waals surface area contributed by atoms with E-state index < -0.39 is 9.84 Å². The molecule has 1 heterocycles. The van der Waals surface area contributed by atoms with Crippen molar-refractivity contribution in [2.75, 3.05) is 17.7 Å². The lowest BCUT2D eigenvalue weighted by Crippen LogP contribution is -2.11. The minimum Gasteiger partial charge on any atom is -0.396 e. The monoisotopic (exact) mass is 307 g/mol. The van der Waals surface area contributed by atoms with Crippen LogP contribution in [0.1, 0.15) is 16.7 Å². The first kappa shape index (κ1) is 15.6. The van der Waals surface area contributed by atoms with Crippen LogP contribution < -0.4 is 5.73 Å². The average molecular weight is 307 g/mol. The number of rotatable bonds is 4. The minimum atomic E-state index is -3.01. The molecular weight excluding hydrogens is 286 g/mol. The molecule has 0 aliphatic heterocycles. The first-order valence-electron chi connectivity index (χ1n) is 6.76. The second-order valence-electron chi connectivity index (χ2n) is 5.60. The molecule has 0 bridgehead atoms. The molecule has 1 aromatic carbocycles. The van der Waals surface area contributed by atoms with Gasteiger partial charge >= 0.3 is 0 Å². The van der Waals surface area contributed by atoms with Crippen LogP contribution in [0.4, 0.5) is 5.69 Å². The van der Waals surface area contributed by atoms with E-state index in [1.54, 1.807) is 10.9 Å². The highest BCUT2D eigenvalue weighted by Crippen LogP contribution is 2.31. The zero-order valence-corrected chi connectivity index (χ0v) is 13.7. The van der Waals surface area contributed by atoms with Gasteiger partial charge in [-0.15, -0.1) is 0 Å². The van der Waals surface area contributed by atoms with Gasteiger partial charge in [-0.2, -0.15) is 5.10 Å². The van der Waals surface area contributed by atoms with Crippen molar-refractivity contribution in [3.05, 3.63) is 35.0 Å². The molecule has 0 aliphatic rings. The molecule has 1 aromatic heterocycles.